The van der Waals surface area contributed by atoms with E-state index in [1.165, 1.54) is 19.2 Å². The number of hydrogen-bond donors (Lipinski definition) is 0. The van der Waals surface area contributed by atoms with Crippen molar-refractivity contribution in [2.24, 2.45) is 0 Å². The molecule has 162 valence electrons. The van der Waals surface area contributed by atoms with Crippen LogP contribution in [0.2, 0.25) is 0 Å². The number of benzene rings is 2. The molecule has 5 nitrogen and oxygen atoms in total. The van der Waals surface area contributed by atoms with E-state index < -0.39 is 17.8 Å². The van der Waals surface area contributed by atoms with Crippen LogP contribution in [0.1, 0.15) is 36.1 Å². The second-order valence-corrected chi connectivity index (χ2v) is 6.95. The van der Waals surface area contributed by atoms with Crippen LogP contribution in [0.15, 0.2) is 36.4 Å². The third-order valence-corrected chi connectivity index (χ3v) is 5.19. The summed E-state index contributed by atoms with van der Waals surface area (Å²) in [5.41, 5.74) is 1.05. The van der Waals surface area contributed by atoms with Crippen molar-refractivity contribution in [3.05, 3.63) is 53.1 Å². The zero-order valence-corrected chi connectivity index (χ0v) is 17.1. The number of nitrogens with zero attached hydrogens (tertiary/aromatic N) is 1. The fraction of sp³-hybridized carbons (Fsp3) is 0.409. The second kappa shape index (κ2) is 8.85. The smallest absolute Gasteiger partial charge is 0.416 e. The highest BCUT2D eigenvalue weighted by Gasteiger charge is 2.33. The first kappa shape index (κ1) is 21.8. The molecule has 1 heterocycles. The van der Waals surface area contributed by atoms with Crippen molar-refractivity contribution in [1.29, 1.82) is 0 Å². The third-order valence-electron chi connectivity index (χ3n) is 5.19. The second-order valence-electron chi connectivity index (χ2n) is 6.95. The van der Waals surface area contributed by atoms with Crippen molar-refractivity contribution < 1.29 is 32.2 Å². The molecule has 0 saturated carbocycles. The Morgan fingerprint density at radius 3 is 2.47 bits per heavy atom. The Labute approximate surface area is 173 Å². The highest BCUT2D eigenvalue weighted by atomic mass is 19.4. The molecule has 0 radical (unpaired) electrons. The standard InChI is InChI=1S/C22H24F3NO4/c1-4-21(27)26-9-8-14-10-19(28-2)20(29-3)12-17(14)18(26)13-30-16-7-5-6-15(11-16)22(23,24)25/h5-7,10-12,18H,4,8-9,13H2,1-3H3. The lowest BCUT2D eigenvalue weighted by atomic mass is 9.92. The van der Waals surface area contributed by atoms with Gasteiger partial charge in [0.2, 0.25) is 5.91 Å². The van der Waals surface area contributed by atoms with Gasteiger partial charge < -0.3 is 19.1 Å². The van der Waals surface area contributed by atoms with E-state index in [0.29, 0.717) is 30.9 Å². The van der Waals surface area contributed by atoms with Crippen LogP contribution >= 0.6 is 0 Å². The molecule has 0 fully saturated rings. The van der Waals surface area contributed by atoms with Gasteiger partial charge in [0.1, 0.15) is 12.4 Å². The summed E-state index contributed by atoms with van der Waals surface area (Å²) >= 11 is 0. The zero-order valence-electron chi connectivity index (χ0n) is 17.1. The third kappa shape index (κ3) is 4.47. The van der Waals surface area contributed by atoms with Crippen molar-refractivity contribution in [1.82, 2.24) is 4.90 Å². The number of fused-ring (bicyclic) bond motifs is 1. The molecule has 1 unspecified atom stereocenters. The van der Waals surface area contributed by atoms with Gasteiger partial charge >= 0.3 is 6.18 Å². The molecular formula is C22H24F3NO4. The van der Waals surface area contributed by atoms with Gasteiger partial charge in [0.05, 0.1) is 25.8 Å². The van der Waals surface area contributed by atoms with E-state index in [9.17, 15) is 18.0 Å². The molecule has 2 aromatic carbocycles. The van der Waals surface area contributed by atoms with Crippen molar-refractivity contribution in [2.75, 3.05) is 27.4 Å². The number of methoxy groups -OCH3 is 2. The molecular weight excluding hydrogens is 399 g/mol. The average Bonchev–Trinajstić information content (AvgIpc) is 2.75. The lowest BCUT2D eigenvalue weighted by molar-refractivity contribution is -0.137. The Morgan fingerprint density at radius 1 is 1.13 bits per heavy atom. The molecule has 1 aliphatic rings. The first-order valence-electron chi connectivity index (χ1n) is 9.62. The molecule has 0 aliphatic carbocycles. The van der Waals surface area contributed by atoms with Crippen LogP contribution in [-0.2, 0) is 17.4 Å². The van der Waals surface area contributed by atoms with Crippen molar-refractivity contribution in [3.8, 4) is 17.2 Å². The number of hydrogen-bond acceptors (Lipinski definition) is 4. The first-order chi connectivity index (χ1) is 14.3. The minimum atomic E-state index is -4.45. The number of carbonyl (C=O) groups is 1. The van der Waals surface area contributed by atoms with Gasteiger partial charge in [-0.2, -0.15) is 13.2 Å². The number of ether oxygens (including phenoxy) is 3. The summed E-state index contributed by atoms with van der Waals surface area (Å²) in [5.74, 6) is 1.16. The van der Waals surface area contributed by atoms with Gasteiger partial charge in [0.25, 0.3) is 0 Å². The lowest BCUT2D eigenvalue weighted by Crippen LogP contribution is -2.42. The van der Waals surface area contributed by atoms with Crippen LogP contribution in [0.4, 0.5) is 13.2 Å². The molecule has 2 aromatic rings. The number of rotatable bonds is 6. The highest BCUT2D eigenvalue weighted by Crippen LogP contribution is 2.39. The molecule has 1 aliphatic heterocycles. The van der Waals surface area contributed by atoms with Gasteiger partial charge in [0, 0.05) is 13.0 Å². The van der Waals surface area contributed by atoms with Gasteiger partial charge in [-0.15, -0.1) is 0 Å². The van der Waals surface area contributed by atoms with Crippen LogP contribution in [0.25, 0.3) is 0 Å². The Kier molecular flexibility index (Phi) is 6.43. The Morgan fingerprint density at radius 2 is 1.83 bits per heavy atom. The van der Waals surface area contributed by atoms with Gasteiger partial charge in [-0.1, -0.05) is 13.0 Å². The summed E-state index contributed by atoms with van der Waals surface area (Å²) in [6.07, 6.45) is -3.49. The number of carbonyl (C=O) groups excluding carboxylic acids is 1. The SMILES string of the molecule is CCC(=O)N1CCc2cc(OC)c(OC)cc2C1COc1cccc(C(F)(F)F)c1. The molecule has 8 heteroatoms. The molecule has 0 spiro atoms. The fourth-order valence-corrected chi connectivity index (χ4v) is 3.65. The van der Waals surface area contributed by atoms with Gasteiger partial charge in [0.15, 0.2) is 11.5 Å². The van der Waals surface area contributed by atoms with Crippen LogP contribution in [0, 0.1) is 0 Å². The summed E-state index contributed by atoms with van der Waals surface area (Å²) in [5, 5.41) is 0. The Bertz CT molecular complexity index is 914. The largest absolute Gasteiger partial charge is 0.493 e. The minimum Gasteiger partial charge on any atom is -0.493 e. The highest BCUT2D eigenvalue weighted by molar-refractivity contribution is 5.77. The minimum absolute atomic E-state index is 0.0233. The summed E-state index contributed by atoms with van der Waals surface area (Å²) in [7, 11) is 3.07. The van der Waals surface area contributed by atoms with Crippen molar-refractivity contribution in [3.63, 3.8) is 0 Å². The molecule has 0 N–H and O–H groups in total. The van der Waals surface area contributed by atoms with E-state index in [1.807, 2.05) is 12.1 Å². The molecule has 0 saturated heterocycles. The fourth-order valence-electron chi connectivity index (χ4n) is 3.65. The monoisotopic (exact) mass is 423 g/mol. The Balaban J connectivity index is 1.93. The molecule has 30 heavy (non-hydrogen) atoms. The van der Waals surface area contributed by atoms with E-state index in [1.54, 1.807) is 18.9 Å². The van der Waals surface area contributed by atoms with E-state index in [2.05, 4.69) is 0 Å². The van der Waals surface area contributed by atoms with Crippen molar-refractivity contribution in [2.45, 2.75) is 32.0 Å². The quantitative estimate of drug-likeness (QED) is 0.679. The maximum atomic E-state index is 13.0. The van der Waals surface area contributed by atoms with E-state index in [-0.39, 0.29) is 18.3 Å². The normalized spacial score (nSPS) is 16.1. The topological polar surface area (TPSA) is 48.0 Å². The number of halogens is 3. The predicted octanol–water partition coefficient (Wildman–Crippen LogP) is 4.64. The molecule has 1 amide bonds. The van der Waals surface area contributed by atoms with Crippen LogP contribution in [0.5, 0.6) is 17.2 Å². The molecule has 0 aromatic heterocycles. The van der Waals surface area contributed by atoms with E-state index in [0.717, 1.165) is 23.3 Å². The van der Waals surface area contributed by atoms with E-state index in [4.69, 9.17) is 14.2 Å². The van der Waals surface area contributed by atoms with Crippen molar-refractivity contribution >= 4 is 5.91 Å². The van der Waals surface area contributed by atoms with Crippen LogP contribution < -0.4 is 14.2 Å². The number of amides is 1. The summed E-state index contributed by atoms with van der Waals surface area (Å²) in [4.78, 5) is 14.2. The number of alkyl halides is 3. The summed E-state index contributed by atoms with van der Waals surface area (Å²) in [6.45, 7) is 2.29. The van der Waals surface area contributed by atoms with Gasteiger partial charge in [-0.25, -0.2) is 0 Å². The van der Waals surface area contributed by atoms with Crippen LogP contribution in [-0.4, -0.2) is 38.2 Å². The molecule has 1 atom stereocenters. The molecule has 3 rings (SSSR count). The van der Waals surface area contributed by atoms with Gasteiger partial charge in [-0.3, -0.25) is 4.79 Å². The van der Waals surface area contributed by atoms with E-state index >= 15 is 0 Å². The van der Waals surface area contributed by atoms with Gasteiger partial charge in [-0.05, 0) is 47.9 Å². The maximum Gasteiger partial charge on any atom is 0.416 e. The molecule has 0 bridgehead atoms. The lowest BCUT2D eigenvalue weighted by Gasteiger charge is -2.37. The average molecular weight is 423 g/mol. The van der Waals surface area contributed by atoms with Crippen LogP contribution in [0.3, 0.4) is 0 Å². The predicted molar refractivity (Wildman–Crippen MR) is 105 cm³/mol. The first-order valence-corrected chi connectivity index (χ1v) is 9.62. The summed E-state index contributed by atoms with van der Waals surface area (Å²) < 4.78 is 55.5. The zero-order chi connectivity index (χ0) is 21.9. The maximum absolute atomic E-state index is 13.0. The Hall–Kier alpha value is -2.90. The summed E-state index contributed by atoms with van der Waals surface area (Å²) in [6, 6.07) is 7.96.